The van der Waals surface area contributed by atoms with Crippen molar-refractivity contribution in [1.29, 1.82) is 0 Å². The van der Waals surface area contributed by atoms with E-state index in [0.717, 1.165) is 27.9 Å². The molecule has 0 saturated carbocycles. The summed E-state index contributed by atoms with van der Waals surface area (Å²) in [5, 5.41) is 11.4. The average Bonchev–Trinajstić information content (AvgIpc) is 3.29. The minimum absolute atomic E-state index is 0.0156. The summed E-state index contributed by atoms with van der Waals surface area (Å²) in [4.78, 5) is 29.2. The maximum atomic E-state index is 12.8. The molecule has 5 aromatic rings. The summed E-state index contributed by atoms with van der Waals surface area (Å²) in [6.07, 6.45) is 9.95. The van der Waals surface area contributed by atoms with Crippen molar-refractivity contribution in [3.05, 3.63) is 91.9 Å². The van der Waals surface area contributed by atoms with Crippen LogP contribution in [0.2, 0.25) is 0 Å². The van der Waals surface area contributed by atoms with Crippen LogP contribution >= 0.6 is 0 Å². The molecule has 0 radical (unpaired) electrons. The number of carbonyl (C=O) groups is 1. The fourth-order valence-corrected chi connectivity index (χ4v) is 3.41. The molecule has 0 saturated heterocycles. The van der Waals surface area contributed by atoms with Crippen LogP contribution < -0.4 is 5.32 Å². The third-order valence-corrected chi connectivity index (χ3v) is 4.95. The highest BCUT2D eigenvalue weighted by molar-refractivity contribution is 5.90. The highest BCUT2D eigenvalue weighted by Gasteiger charge is 2.18. The first-order valence-electron chi connectivity index (χ1n) is 10.2. The number of anilines is 1. The van der Waals surface area contributed by atoms with Crippen LogP contribution in [-0.4, -0.2) is 40.8 Å². The Kier molecular flexibility index (Phi) is 5.58. The Hall–Kier alpha value is -4.79. The average molecular weight is 434 g/mol. The van der Waals surface area contributed by atoms with Crippen molar-refractivity contribution in [2.45, 2.75) is 6.54 Å². The number of rotatable bonds is 6. The van der Waals surface area contributed by atoms with Crippen LogP contribution in [0.5, 0.6) is 0 Å². The molecule has 9 heteroatoms. The Morgan fingerprint density at radius 2 is 1.58 bits per heavy atom. The standard InChI is InChI=1S/C24H18N8O/c33-22(29-21-7-6-19(14-28-21)20-12-26-16-27-13-20)15-32-24(18-4-2-1-3-5-18)23(30-31-32)17-8-10-25-11-9-17/h1-14,16H,15H2,(H,28,29,33). The van der Waals surface area contributed by atoms with Crippen molar-refractivity contribution in [2.24, 2.45) is 0 Å². The Labute approximate surface area is 189 Å². The topological polar surface area (TPSA) is 111 Å². The van der Waals surface area contributed by atoms with Gasteiger partial charge in [-0.3, -0.25) is 9.78 Å². The largest absolute Gasteiger partial charge is 0.309 e. The zero-order valence-corrected chi connectivity index (χ0v) is 17.4. The molecule has 0 spiro atoms. The Morgan fingerprint density at radius 1 is 0.788 bits per heavy atom. The van der Waals surface area contributed by atoms with Gasteiger partial charge in [-0.2, -0.15) is 0 Å². The van der Waals surface area contributed by atoms with Gasteiger partial charge in [0.1, 0.15) is 24.4 Å². The molecule has 0 unspecified atom stereocenters. The van der Waals surface area contributed by atoms with Gasteiger partial charge < -0.3 is 5.32 Å². The number of pyridine rings is 2. The van der Waals surface area contributed by atoms with E-state index in [1.54, 1.807) is 41.7 Å². The molecule has 4 aromatic heterocycles. The van der Waals surface area contributed by atoms with E-state index in [9.17, 15) is 4.79 Å². The normalized spacial score (nSPS) is 10.7. The summed E-state index contributed by atoms with van der Waals surface area (Å²) in [6.45, 7) is -0.0156. The maximum absolute atomic E-state index is 12.8. The van der Waals surface area contributed by atoms with E-state index in [1.165, 1.54) is 6.33 Å². The molecule has 1 N–H and O–H groups in total. The molecule has 1 amide bonds. The molecule has 0 aliphatic rings. The summed E-state index contributed by atoms with van der Waals surface area (Å²) in [7, 11) is 0. The maximum Gasteiger partial charge on any atom is 0.247 e. The van der Waals surface area contributed by atoms with Gasteiger partial charge in [-0.15, -0.1) is 5.10 Å². The van der Waals surface area contributed by atoms with Crippen molar-refractivity contribution in [1.82, 2.24) is 34.9 Å². The minimum Gasteiger partial charge on any atom is -0.309 e. The first-order valence-corrected chi connectivity index (χ1v) is 10.2. The molecule has 0 atom stereocenters. The lowest BCUT2D eigenvalue weighted by Crippen LogP contribution is -2.20. The molecule has 1 aromatic carbocycles. The third-order valence-electron chi connectivity index (χ3n) is 4.95. The summed E-state index contributed by atoms with van der Waals surface area (Å²) >= 11 is 0. The van der Waals surface area contributed by atoms with E-state index in [4.69, 9.17) is 0 Å². The Bertz CT molecular complexity index is 1350. The number of aromatic nitrogens is 7. The molecule has 160 valence electrons. The van der Waals surface area contributed by atoms with Crippen LogP contribution in [0.25, 0.3) is 33.6 Å². The van der Waals surface area contributed by atoms with E-state index in [0.29, 0.717) is 11.5 Å². The van der Waals surface area contributed by atoms with Gasteiger partial charge >= 0.3 is 0 Å². The van der Waals surface area contributed by atoms with Crippen LogP contribution in [0.3, 0.4) is 0 Å². The first-order chi connectivity index (χ1) is 16.3. The quantitative estimate of drug-likeness (QED) is 0.435. The first kappa shape index (κ1) is 20.1. The van der Waals surface area contributed by atoms with E-state index in [-0.39, 0.29) is 12.5 Å². The summed E-state index contributed by atoms with van der Waals surface area (Å²) in [5.74, 6) is 0.179. The number of amides is 1. The SMILES string of the molecule is O=C(Cn1nnc(-c2ccncc2)c1-c1ccccc1)Nc1ccc(-c2cncnc2)cn1. The number of hydrogen-bond acceptors (Lipinski definition) is 7. The van der Waals surface area contributed by atoms with Crippen molar-refractivity contribution < 1.29 is 4.79 Å². The zero-order valence-electron chi connectivity index (χ0n) is 17.4. The lowest BCUT2D eigenvalue weighted by atomic mass is 10.1. The molecule has 0 aliphatic heterocycles. The lowest BCUT2D eigenvalue weighted by molar-refractivity contribution is -0.116. The van der Waals surface area contributed by atoms with Crippen LogP contribution in [0.4, 0.5) is 5.82 Å². The minimum atomic E-state index is -0.262. The number of nitrogens with zero attached hydrogens (tertiary/aromatic N) is 7. The number of carbonyl (C=O) groups excluding carboxylic acids is 1. The van der Waals surface area contributed by atoms with Gasteiger partial charge in [0.05, 0.1) is 5.69 Å². The molecular formula is C24H18N8O. The number of hydrogen-bond donors (Lipinski definition) is 1. The highest BCUT2D eigenvalue weighted by atomic mass is 16.2. The van der Waals surface area contributed by atoms with Crippen LogP contribution in [-0.2, 0) is 11.3 Å². The predicted molar refractivity (Wildman–Crippen MR) is 123 cm³/mol. The second kappa shape index (κ2) is 9.15. The number of benzene rings is 1. The van der Waals surface area contributed by atoms with E-state index < -0.39 is 0 Å². The lowest BCUT2D eigenvalue weighted by Gasteiger charge is -2.09. The zero-order chi connectivity index (χ0) is 22.5. The van der Waals surface area contributed by atoms with Gasteiger partial charge in [0.15, 0.2) is 0 Å². The molecule has 0 fully saturated rings. The summed E-state index contributed by atoms with van der Waals surface area (Å²) in [6, 6.07) is 17.1. The Morgan fingerprint density at radius 3 is 2.30 bits per heavy atom. The molecule has 5 rings (SSSR count). The molecule has 0 bridgehead atoms. The van der Waals surface area contributed by atoms with E-state index in [1.807, 2.05) is 48.5 Å². The van der Waals surface area contributed by atoms with Crippen LogP contribution in [0.15, 0.2) is 91.9 Å². The van der Waals surface area contributed by atoms with Crippen molar-refractivity contribution in [3.8, 4) is 33.6 Å². The molecular weight excluding hydrogens is 416 g/mol. The highest BCUT2D eigenvalue weighted by Crippen LogP contribution is 2.29. The third kappa shape index (κ3) is 4.47. The van der Waals surface area contributed by atoms with Gasteiger partial charge in [0.2, 0.25) is 5.91 Å². The second-order valence-corrected chi connectivity index (χ2v) is 7.15. The van der Waals surface area contributed by atoms with Gasteiger partial charge in [-0.1, -0.05) is 35.5 Å². The fourth-order valence-electron chi connectivity index (χ4n) is 3.41. The van der Waals surface area contributed by atoms with Gasteiger partial charge in [-0.05, 0) is 24.3 Å². The molecule has 4 heterocycles. The molecule has 33 heavy (non-hydrogen) atoms. The summed E-state index contributed by atoms with van der Waals surface area (Å²) in [5.41, 5.74) is 4.93. The van der Waals surface area contributed by atoms with Gasteiger partial charge in [-0.25, -0.2) is 19.6 Å². The van der Waals surface area contributed by atoms with E-state index in [2.05, 4.69) is 35.6 Å². The van der Waals surface area contributed by atoms with Gasteiger partial charge in [0, 0.05) is 53.2 Å². The van der Waals surface area contributed by atoms with Crippen molar-refractivity contribution in [2.75, 3.05) is 5.32 Å². The second-order valence-electron chi connectivity index (χ2n) is 7.15. The van der Waals surface area contributed by atoms with Gasteiger partial charge in [0.25, 0.3) is 0 Å². The van der Waals surface area contributed by atoms with Crippen molar-refractivity contribution >= 4 is 11.7 Å². The molecule has 0 aliphatic carbocycles. The van der Waals surface area contributed by atoms with E-state index >= 15 is 0 Å². The molecule has 9 nitrogen and oxygen atoms in total. The van der Waals surface area contributed by atoms with Crippen molar-refractivity contribution in [3.63, 3.8) is 0 Å². The monoisotopic (exact) mass is 434 g/mol. The number of nitrogens with one attached hydrogen (secondary N) is 1. The summed E-state index contributed by atoms with van der Waals surface area (Å²) < 4.78 is 1.59. The van der Waals surface area contributed by atoms with Crippen LogP contribution in [0.1, 0.15) is 0 Å². The smallest absolute Gasteiger partial charge is 0.247 e. The Balaban J connectivity index is 1.38. The fraction of sp³-hybridized carbons (Fsp3) is 0.0417. The predicted octanol–water partition coefficient (Wildman–Crippen LogP) is 3.50. The van der Waals surface area contributed by atoms with Crippen LogP contribution in [0, 0.1) is 0 Å².